The molecule has 0 unspecified atom stereocenters. The predicted molar refractivity (Wildman–Crippen MR) is 48.1 cm³/mol. The van der Waals surface area contributed by atoms with Gasteiger partial charge in [-0.15, -0.1) is 0 Å². The summed E-state index contributed by atoms with van der Waals surface area (Å²) in [6.45, 7) is 0. The second-order valence-corrected chi connectivity index (χ2v) is 3.12. The number of carbonyl (C=O) groups excluding carboxylic acids is 1. The molecule has 2 rings (SSSR count). The van der Waals surface area contributed by atoms with Gasteiger partial charge in [-0.2, -0.15) is 0 Å². The molecule has 1 aromatic heterocycles. The van der Waals surface area contributed by atoms with E-state index in [9.17, 15) is 4.79 Å². The smallest absolute Gasteiger partial charge is 0.213 e. The number of aromatic nitrogens is 1. The largest absolute Gasteiger partial charge is 0.481 e. The molecule has 1 aliphatic carbocycles. The lowest BCUT2D eigenvalue weighted by molar-refractivity contribution is 0.0971. The molecular weight excluding hydrogens is 166 g/mol. The monoisotopic (exact) mass is 177 g/mol. The molecule has 13 heavy (non-hydrogen) atoms. The van der Waals surface area contributed by atoms with Crippen LogP contribution in [0.1, 0.15) is 28.9 Å². The number of carbonyl (C=O) groups is 1. The van der Waals surface area contributed by atoms with E-state index in [1.807, 2.05) is 6.07 Å². The van der Waals surface area contributed by atoms with Gasteiger partial charge in [0.1, 0.15) is 0 Å². The fraction of sp³-hybridized carbons (Fsp3) is 0.400. The Hall–Kier alpha value is -1.38. The molecule has 3 nitrogen and oxygen atoms in total. The number of pyridine rings is 1. The molecule has 1 aliphatic rings. The fourth-order valence-electron chi connectivity index (χ4n) is 1.59. The third-order valence-corrected chi connectivity index (χ3v) is 2.28. The van der Waals surface area contributed by atoms with Crippen LogP contribution in [-0.4, -0.2) is 17.9 Å². The van der Waals surface area contributed by atoms with Crippen LogP contribution in [-0.2, 0) is 6.42 Å². The van der Waals surface area contributed by atoms with Crippen molar-refractivity contribution in [3.63, 3.8) is 0 Å². The van der Waals surface area contributed by atoms with E-state index in [0.29, 0.717) is 12.3 Å². The van der Waals surface area contributed by atoms with Crippen molar-refractivity contribution in [3.8, 4) is 5.88 Å². The number of hydrogen-bond donors (Lipinski definition) is 0. The molecule has 0 N–H and O–H groups in total. The van der Waals surface area contributed by atoms with Crippen LogP contribution in [0.3, 0.4) is 0 Å². The highest BCUT2D eigenvalue weighted by molar-refractivity contribution is 5.98. The SMILES string of the molecule is COc1ccc2c(n1)CCCC2=O. The predicted octanol–water partition coefficient (Wildman–Crippen LogP) is 1.61. The first-order valence-electron chi connectivity index (χ1n) is 4.38. The Morgan fingerprint density at radius 2 is 2.23 bits per heavy atom. The van der Waals surface area contributed by atoms with Crippen molar-refractivity contribution in [1.82, 2.24) is 4.98 Å². The Morgan fingerprint density at radius 3 is 3.00 bits per heavy atom. The van der Waals surface area contributed by atoms with Crippen molar-refractivity contribution in [3.05, 3.63) is 23.4 Å². The molecule has 3 heteroatoms. The molecule has 1 aromatic rings. The lowest BCUT2D eigenvalue weighted by Gasteiger charge is -2.13. The Morgan fingerprint density at radius 1 is 1.38 bits per heavy atom. The Bertz CT molecular complexity index is 347. The molecule has 1 heterocycles. The lowest BCUT2D eigenvalue weighted by Crippen LogP contribution is -2.12. The van der Waals surface area contributed by atoms with Gasteiger partial charge in [0.25, 0.3) is 0 Å². The van der Waals surface area contributed by atoms with Gasteiger partial charge in [0.15, 0.2) is 5.78 Å². The first-order valence-corrected chi connectivity index (χ1v) is 4.38. The molecule has 0 spiro atoms. The van der Waals surface area contributed by atoms with Crippen LogP contribution >= 0.6 is 0 Å². The minimum atomic E-state index is 0.205. The number of rotatable bonds is 1. The van der Waals surface area contributed by atoms with Gasteiger partial charge in [-0.1, -0.05) is 0 Å². The van der Waals surface area contributed by atoms with Gasteiger partial charge >= 0.3 is 0 Å². The third kappa shape index (κ3) is 1.41. The second kappa shape index (κ2) is 3.17. The minimum Gasteiger partial charge on any atom is -0.481 e. The minimum absolute atomic E-state index is 0.205. The van der Waals surface area contributed by atoms with Crippen molar-refractivity contribution in [2.75, 3.05) is 7.11 Å². The average Bonchev–Trinajstić information content (AvgIpc) is 2.18. The Kier molecular flexibility index (Phi) is 2.00. The molecule has 0 radical (unpaired) electrons. The number of ether oxygens (including phenoxy) is 1. The highest BCUT2D eigenvalue weighted by Crippen LogP contribution is 2.21. The first kappa shape index (κ1) is 8.23. The first-order chi connectivity index (χ1) is 6.31. The number of aryl methyl sites for hydroxylation is 1. The summed E-state index contributed by atoms with van der Waals surface area (Å²) in [5.41, 5.74) is 1.66. The van der Waals surface area contributed by atoms with Crippen molar-refractivity contribution >= 4 is 5.78 Å². The zero-order valence-electron chi connectivity index (χ0n) is 7.54. The van der Waals surface area contributed by atoms with Crippen LogP contribution in [0.25, 0.3) is 0 Å². The van der Waals surface area contributed by atoms with Crippen LogP contribution in [0.5, 0.6) is 5.88 Å². The Balaban J connectivity index is 2.45. The van der Waals surface area contributed by atoms with E-state index < -0.39 is 0 Å². The van der Waals surface area contributed by atoms with Crippen LogP contribution in [0.4, 0.5) is 0 Å². The zero-order chi connectivity index (χ0) is 9.26. The van der Waals surface area contributed by atoms with Crippen LogP contribution < -0.4 is 4.74 Å². The molecule has 0 aromatic carbocycles. The van der Waals surface area contributed by atoms with E-state index in [2.05, 4.69) is 4.98 Å². The topological polar surface area (TPSA) is 39.2 Å². The van der Waals surface area contributed by atoms with Gasteiger partial charge in [-0.3, -0.25) is 4.79 Å². The fourth-order valence-corrected chi connectivity index (χ4v) is 1.59. The van der Waals surface area contributed by atoms with Gasteiger partial charge in [0.2, 0.25) is 5.88 Å². The highest BCUT2D eigenvalue weighted by atomic mass is 16.5. The summed E-state index contributed by atoms with van der Waals surface area (Å²) in [4.78, 5) is 15.6. The third-order valence-electron chi connectivity index (χ3n) is 2.28. The normalized spacial score (nSPS) is 15.3. The quantitative estimate of drug-likeness (QED) is 0.654. The van der Waals surface area contributed by atoms with Gasteiger partial charge < -0.3 is 4.74 Å². The highest BCUT2D eigenvalue weighted by Gasteiger charge is 2.18. The number of Topliss-reactive ketones (excluding diaryl/α,β-unsaturated/α-hetero) is 1. The van der Waals surface area contributed by atoms with Crippen molar-refractivity contribution in [1.29, 1.82) is 0 Å². The van der Waals surface area contributed by atoms with Crippen molar-refractivity contribution in [2.45, 2.75) is 19.3 Å². The van der Waals surface area contributed by atoms with Crippen LogP contribution in [0, 0.1) is 0 Å². The van der Waals surface area contributed by atoms with E-state index in [4.69, 9.17) is 4.74 Å². The summed E-state index contributed by atoms with van der Waals surface area (Å²) in [6.07, 6.45) is 2.45. The number of nitrogens with zero attached hydrogens (tertiary/aromatic N) is 1. The standard InChI is InChI=1S/C10H11NO2/c1-13-10-6-5-7-8(11-10)3-2-4-9(7)12/h5-6H,2-4H2,1H3. The number of fused-ring (bicyclic) bond motifs is 1. The Labute approximate surface area is 76.7 Å². The van der Waals surface area contributed by atoms with Crippen molar-refractivity contribution < 1.29 is 9.53 Å². The summed E-state index contributed by atoms with van der Waals surface area (Å²) in [5.74, 6) is 0.796. The molecule has 0 atom stereocenters. The molecule has 0 aliphatic heterocycles. The molecular formula is C10H11NO2. The molecule has 68 valence electrons. The average molecular weight is 177 g/mol. The maximum Gasteiger partial charge on any atom is 0.213 e. The summed E-state index contributed by atoms with van der Waals surface area (Å²) in [5, 5.41) is 0. The summed E-state index contributed by atoms with van der Waals surface area (Å²) >= 11 is 0. The van der Waals surface area contributed by atoms with Crippen LogP contribution in [0.2, 0.25) is 0 Å². The van der Waals surface area contributed by atoms with Crippen LogP contribution in [0.15, 0.2) is 12.1 Å². The van der Waals surface area contributed by atoms with Crippen molar-refractivity contribution in [2.24, 2.45) is 0 Å². The van der Waals surface area contributed by atoms with Gasteiger partial charge in [-0.25, -0.2) is 4.98 Å². The molecule has 0 saturated heterocycles. The van der Waals surface area contributed by atoms with E-state index in [1.54, 1.807) is 13.2 Å². The zero-order valence-corrected chi connectivity index (χ0v) is 7.54. The number of hydrogen-bond acceptors (Lipinski definition) is 3. The second-order valence-electron chi connectivity index (χ2n) is 3.12. The summed E-state index contributed by atoms with van der Waals surface area (Å²) in [6, 6.07) is 3.55. The van der Waals surface area contributed by atoms with Gasteiger partial charge in [0, 0.05) is 18.1 Å². The van der Waals surface area contributed by atoms with E-state index >= 15 is 0 Å². The van der Waals surface area contributed by atoms with E-state index in [-0.39, 0.29) is 5.78 Å². The molecule has 0 amide bonds. The lowest BCUT2D eigenvalue weighted by atomic mass is 9.95. The summed E-state index contributed by atoms with van der Waals surface area (Å²) < 4.78 is 4.99. The van der Waals surface area contributed by atoms with E-state index in [0.717, 1.165) is 24.1 Å². The van der Waals surface area contributed by atoms with Gasteiger partial charge in [0.05, 0.1) is 12.8 Å². The molecule has 0 fully saturated rings. The number of methoxy groups -OCH3 is 1. The van der Waals surface area contributed by atoms with Gasteiger partial charge in [-0.05, 0) is 18.9 Å². The maximum absolute atomic E-state index is 11.4. The molecule has 0 saturated carbocycles. The summed E-state index contributed by atoms with van der Waals surface area (Å²) in [7, 11) is 1.58. The molecule has 0 bridgehead atoms. The van der Waals surface area contributed by atoms with E-state index in [1.165, 1.54) is 0 Å². The number of ketones is 1. The maximum atomic E-state index is 11.4.